The largest absolute Gasteiger partial charge is 0.479 e. The number of hydrogen-bond donors (Lipinski definition) is 0. The average molecular weight is 319 g/mol. The lowest BCUT2D eigenvalue weighted by Gasteiger charge is -2.35. The first-order valence-corrected chi connectivity index (χ1v) is 7.80. The summed E-state index contributed by atoms with van der Waals surface area (Å²) in [5, 5.41) is 28.0. The molecule has 0 saturated heterocycles. The Balaban J connectivity index is 2.27. The van der Waals surface area contributed by atoms with Gasteiger partial charge in [0.1, 0.15) is 35.2 Å². The lowest BCUT2D eigenvalue weighted by molar-refractivity contribution is 0.0394. The van der Waals surface area contributed by atoms with Gasteiger partial charge in [-0.15, -0.1) is 0 Å². The van der Waals surface area contributed by atoms with E-state index in [9.17, 15) is 20.2 Å². The number of rotatable bonds is 1. The monoisotopic (exact) mass is 319 g/mol. The van der Waals surface area contributed by atoms with E-state index in [1.165, 1.54) is 12.1 Å². The quantitative estimate of drug-likeness (QED) is 0.729. The van der Waals surface area contributed by atoms with Gasteiger partial charge in [-0.2, -0.15) is 15.8 Å². The topological polar surface area (TPSA) is 80.6 Å². The van der Waals surface area contributed by atoms with Gasteiger partial charge in [-0.3, -0.25) is 0 Å². The van der Waals surface area contributed by atoms with E-state index in [2.05, 4.69) is 6.07 Å². The molecule has 1 aromatic carbocycles. The van der Waals surface area contributed by atoms with Crippen molar-refractivity contribution >= 4 is 5.57 Å². The van der Waals surface area contributed by atoms with Crippen LogP contribution in [-0.2, 0) is 4.74 Å². The summed E-state index contributed by atoms with van der Waals surface area (Å²) in [7, 11) is 0. The molecule has 1 aliphatic carbocycles. The standard InChI is InChI=1S/C19H14FN3O/c20-15-6-4-13(5-7-15)17-16(12-23)18(14(10-21)11-22)24-19(17)8-2-1-3-9-19/h4-7H,1-3,8-9H2. The fourth-order valence-corrected chi connectivity index (χ4v) is 3.55. The van der Waals surface area contributed by atoms with Gasteiger partial charge in [0.15, 0.2) is 11.3 Å². The Kier molecular flexibility index (Phi) is 4.07. The fraction of sp³-hybridized carbons (Fsp3) is 0.316. The van der Waals surface area contributed by atoms with Crippen molar-refractivity contribution in [1.29, 1.82) is 15.8 Å². The van der Waals surface area contributed by atoms with Crippen LogP contribution < -0.4 is 0 Å². The van der Waals surface area contributed by atoms with Crippen LogP contribution in [0.2, 0.25) is 0 Å². The van der Waals surface area contributed by atoms with Gasteiger partial charge >= 0.3 is 0 Å². The molecule has 1 spiro atoms. The van der Waals surface area contributed by atoms with Gasteiger partial charge in [-0.05, 0) is 43.4 Å². The molecule has 118 valence electrons. The number of benzene rings is 1. The first kappa shape index (κ1) is 15.8. The maximum Gasteiger partial charge on any atom is 0.172 e. The Labute approximate surface area is 139 Å². The molecule has 1 fully saturated rings. The zero-order chi connectivity index (χ0) is 17.2. The van der Waals surface area contributed by atoms with Crippen LogP contribution in [0, 0.1) is 39.8 Å². The Morgan fingerprint density at radius 1 is 1.00 bits per heavy atom. The molecule has 1 saturated carbocycles. The van der Waals surface area contributed by atoms with Crippen molar-refractivity contribution in [2.24, 2.45) is 0 Å². The summed E-state index contributed by atoms with van der Waals surface area (Å²) in [6.45, 7) is 0. The molecule has 1 aliphatic heterocycles. The maximum atomic E-state index is 13.3. The van der Waals surface area contributed by atoms with E-state index in [0.717, 1.165) is 19.3 Å². The van der Waals surface area contributed by atoms with Crippen LogP contribution in [-0.4, -0.2) is 5.60 Å². The van der Waals surface area contributed by atoms with Gasteiger partial charge in [0.2, 0.25) is 0 Å². The molecular formula is C19H14FN3O. The third kappa shape index (κ3) is 2.43. The van der Waals surface area contributed by atoms with Crippen molar-refractivity contribution in [3.05, 3.63) is 52.6 Å². The van der Waals surface area contributed by atoms with E-state index >= 15 is 0 Å². The van der Waals surface area contributed by atoms with Crippen molar-refractivity contribution in [3.8, 4) is 18.2 Å². The average Bonchev–Trinajstić information content (AvgIpc) is 2.91. The van der Waals surface area contributed by atoms with E-state index in [-0.39, 0.29) is 22.7 Å². The molecule has 0 unspecified atom stereocenters. The van der Waals surface area contributed by atoms with Gasteiger partial charge in [0.25, 0.3) is 0 Å². The Morgan fingerprint density at radius 2 is 1.62 bits per heavy atom. The molecule has 1 heterocycles. The SMILES string of the molecule is N#CC(C#N)=C1OC2(CCCCC2)C(c2ccc(F)cc2)=C1C#N. The third-order valence-corrected chi connectivity index (χ3v) is 4.59. The summed E-state index contributed by atoms with van der Waals surface area (Å²) in [5.74, 6) is -0.302. The predicted octanol–water partition coefficient (Wildman–Crippen LogP) is 4.14. The van der Waals surface area contributed by atoms with Crippen molar-refractivity contribution in [3.63, 3.8) is 0 Å². The van der Waals surface area contributed by atoms with E-state index < -0.39 is 5.60 Å². The fourth-order valence-electron chi connectivity index (χ4n) is 3.55. The van der Waals surface area contributed by atoms with Crippen molar-refractivity contribution in [2.45, 2.75) is 37.7 Å². The Morgan fingerprint density at radius 3 is 2.17 bits per heavy atom. The molecule has 3 rings (SSSR count). The van der Waals surface area contributed by atoms with E-state index in [1.807, 2.05) is 12.1 Å². The zero-order valence-electron chi connectivity index (χ0n) is 13.0. The van der Waals surface area contributed by atoms with Crippen molar-refractivity contribution in [2.75, 3.05) is 0 Å². The summed E-state index contributed by atoms with van der Waals surface area (Å²) in [6.07, 6.45) is 4.36. The highest BCUT2D eigenvalue weighted by Gasteiger charge is 2.47. The number of hydrogen-bond acceptors (Lipinski definition) is 4. The van der Waals surface area contributed by atoms with E-state index in [4.69, 9.17) is 4.74 Å². The number of nitriles is 3. The lowest BCUT2D eigenvalue weighted by Crippen LogP contribution is -2.33. The molecule has 5 heteroatoms. The molecule has 0 amide bonds. The minimum atomic E-state index is -0.713. The minimum Gasteiger partial charge on any atom is -0.479 e. The second kappa shape index (κ2) is 6.19. The molecule has 0 radical (unpaired) electrons. The van der Waals surface area contributed by atoms with Crippen LogP contribution in [0.4, 0.5) is 4.39 Å². The van der Waals surface area contributed by atoms with Crippen molar-refractivity contribution in [1.82, 2.24) is 0 Å². The molecule has 4 nitrogen and oxygen atoms in total. The molecule has 2 aliphatic rings. The highest BCUT2D eigenvalue weighted by molar-refractivity contribution is 5.84. The summed E-state index contributed by atoms with van der Waals surface area (Å²) >= 11 is 0. The number of halogens is 1. The molecule has 0 aromatic heterocycles. The number of ether oxygens (including phenoxy) is 1. The summed E-state index contributed by atoms with van der Waals surface area (Å²) in [6, 6.07) is 11.6. The second-order valence-electron chi connectivity index (χ2n) is 5.95. The minimum absolute atomic E-state index is 0.0590. The smallest absolute Gasteiger partial charge is 0.172 e. The van der Waals surface area contributed by atoms with Crippen LogP contribution in [0.25, 0.3) is 5.57 Å². The third-order valence-electron chi connectivity index (χ3n) is 4.59. The maximum absolute atomic E-state index is 13.3. The van der Waals surface area contributed by atoms with Gasteiger partial charge in [0.05, 0.1) is 0 Å². The Hall–Kier alpha value is -3.10. The molecule has 1 aromatic rings. The van der Waals surface area contributed by atoms with Gasteiger partial charge < -0.3 is 4.74 Å². The molecule has 0 bridgehead atoms. The van der Waals surface area contributed by atoms with Crippen molar-refractivity contribution < 1.29 is 9.13 Å². The molecular weight excluding hydrogens is 305 g/mol. The molecule has 0 atom stereocenters. The number of nitrogens with zero attached hydrogens (tertiary/aromatic N) is 3. The summed E-state index contributed by atoms with van der Waals surface area (Å²) in [5.41, 5.74) is 0.660. The van der Waals surface area contributed by atoms with Crippen LogP contribution in [0.1, 0.15) is 37.7 Å². The van der Waals surface area contributed by atoms with Crippen LogP contribution in [0.3, 0.4) is 0 Å². The highest BCUT2D eigenvalue weighted by atomic mass is 19.1. The highest BCUT2D eigenvalue weighted by Crippen LogP contribution is 2.52. The molecule has 0 N–H and O–H groups in total. The first-order chi connectivity index (χ1) is 11.6. The van der Waals surface area contributed by atoms with Crippen LogP contribution in [0.5, 0.6) is 0 Å². The van der Waals surface area contributed by atoms with Crippen LogP contribution in [0.15, 0.2) is 41.2 Å². The number of allylic oxidation sites excluding steroid dienone is 2. The Bertz CT molecular complexity index is 838. The van der Waals surface area contributed by atoms with Crippen LogP contribution >= 0.6 is 0 Å². The summed E-state index contributed by atoms with van der Waals surface area (Å²) in [4.78, 5) is 0. The summed E-state index contributed by atoms with van der Waals surface area (Å²) < 4.78 is 19.4. The van der Waals surface area contributed by atoms with Gasteiger partial charge in [-0.1, -0.05) is 18.6 Å². The second-order valence-corrected chi connectivity index (χ2v) is 5.95. The van der Waals surface area contributed by atoms with Gasteiger partial charge in [0, 0.05) is 5.57 Å². The first-order valence-electron chi connectivity index (χ1n) is 7.80. The predicted molar refractivity (Wildman–Crippen MR) is 84.1 cm³/mol. The van der Waals surface area contributed by atoms with E-state index in [0.29, 0.717) is 24.0 Å². The lowest BCUT2D eigenvalue weighted by atomic mass is 9.76. The van der Waals surface area contributed by atoms with E-state index in [1.54, 1.807) is 12.1 Å². The zero-order valence-corrected chi connectivity index (χ0v) is 13.0. The van der Waals surface area contributed by atoms with Gasteiger partial charge in [-0.25, -0.2) is 4.39 Å². The molecule has 24 heavy (non-hydrogen) atoms. The normalized spacial score (nSPS) is 18.5.